The summed E-state index contributed by atoms with van der Waals surface area (Å²) in [6.07, 6.45) is 1.65. The van der Waals surface area contributed by atoms with Crippen LogP contribution in [-0.2, 0) is 21.2 Å². The van der Waals surface area contributed by atoms with Crippen LogP contribution >= 0.6 is 67.8 Å². The first kappa shape index (κ1) is 28.4. The highest BCUT2D eigenvalue weighted by Gasteiger charge is 2.49. The Kier molecular flexibility index (Phi) is 8.66. The van der Waals surface area contributed by atoms with E-state index in [1.165, 1.54) is 0 Å². The Morgan fingerprint density at radius 2 is 1.66 bits per heavy atom. The number of nitrogens with one attached hydrogen (secondary N) is 1. The smallest absolute Gasteiger partial charge is 0.326 e. The van der Waals surface area contributed by atoms with Gasteiger partial charge in [0, 0.05) is 12.0 Å². The van der Waals surface area contributed by atoms with Gasteiger partial charge in [-0.25, -0.2) is 4.79 Å². The molecule has 2 aromatic rings. The Hall–Kier alpha value is -1.17. The predicted molar refractivity (Wildman–Crippen MR) is 155 cm³/mol. The molecule has 187 valence electrons. The number of benzene rings is 2. The molecular formula is C24H24I3N2O6. The summed E-state index contributed by atoms with van der Waals surface area (Å²) in [6, 6.07) is 7.38. The quantitative estimate of drug-likeness (QED) is 0.329. The van der Waals surface area contributed by atoms with Gasteiger partial charge in [0.2, 0.25) is 5.91 Å². The van der Waals surface area contributed by atoms with Gasteiger partial charge in [-0.3, -0.25) is 4.79 Å². The monoisotopic (exact) mass is 817 g/mol. The second-order valence-corrected chi connectivity index (χ2v) is 12.7. The zero-order chi connectivity index (χ0) is 26.3. The third-order valence-corrected chi connectivity index (χ3v) is 8.14. The standard InChI is InChI=1S/C24H24I3N2O6/c1-23(2)11-14(24(3,4)29(23)34)21(31)28-18(22(32)33)9-12-7-16(26)20(17(27)8-12)35-13-5-6-19(30)15(25)10-13/h5-8,10-11,18,30H,9H2,1-4H3,(H,28,31)(H,32,33). The zero-order valence-electron chi connectivity index (χ0n) is 19.4. The predicted octanol–water partition coefficient (Wildman–Crippen LogP) is 5.25. The molecule has 8 nitrogen and oxygen atoms in total. The number of aromatic hydroxyl groups is 1. The van der Waals surface area contributed by atoms with Crippen molar-refractivity contribution in [3.05, 3.63) is 58.3 Å². The SMILES string of the molecule is CC1(C)C=C(C(=O)NC(Cc2cc(I)c(Oc3ccc(O)c(I)c3)c(I)c2)C(=O)O)C(C)(C)N1[O]. The topological polar surface area (TPSA) is 119 Å². The highest BCUT2D eigenvalue weighted by molar-refractivity contribution is 14.1. The third-order valence-electron chi connectivity index (χ3n) is 5.67. The van der Waals surface area contributed by atoms with E-state index in [0.717, 1.165) is 12.2 Å². The van der Waals surface area contributed by atoms with Crippen molar-refractivity contribution in [3.8, 4) is 17.2 Å². The van der Waals surface area contributed by atoms with Crippen LogP contribution in [0.3, 0.4) is 0 Å². The average molecular weight is 817 g/mol. The fraction of sp³-hybridized carbons (Fsp3) is 0.333. The van der Waals surface area contributed by atoms with Crippen LogP contribution in [0.25, 0.3) is 0 Å². The lowest BCUT2D eigenvalue weighted by Gasteiger charge is -2.33. The Morgan fingerprint density at radius 1 is 1.06 bits per heavy atom. The number of phenolic OH excluding ortho intramolecular Hbond substituents is 1. The third kappa shape index (κ3) is 6.22. The number of halogens is 3. The molecule has 2 aromatic carbocycles. The molecule has 1 aliphatic rings. The van der Waals surface area contributed by atoms with Gasteiger partial charge in [-0.2, -0.15) is 0 Å². The van der Waals surface area contributed by atoms with E-state index in [1.54, 1.807) is 52.0 Å². The Labute approximate surface area is 244 Å². The number of rotatable bonds is 7. The lowest BCUT2D eigenvalue weighted by Crippen LogP contribution is -2.50. The molecule has 0 bridgehead atoms. The molecule has 0 spiro atoms. The van der Waals surface area contributed by atoms with Crippen molar-refractivity contribution in [2.45, 2.75) is 51.2 Å². The summed E-state index contributed by atoms with van der Waals surface area (Å²) < 4.78 is 8.21. The Balaban J connectivity index is 1.80. The molecule has 1 heterocycles. The molecule has 35 heavy (non-hydrogen) atoms. The van der Waals surface area contributed by atoms with Crippen molar-refractivity contribution in [3.63, 3.8) is 0 Å². The minimum atomic E-state index is -1.18. The molecule has 0 fully saturated rings. The number of phenols is 1. The van der Waals surface area contributed by atoms with Gasteiger partial charge in [0.1, 0.15) is 17.5 Å². The second-order valence-electron chi connectivity index (χ2n) is 9.24. The molecule has 0 saturated carbocycles. The van der Waals surface area contributed by atoms with Gasteiger partial charge in [-0.1, -0.05) is 6.08 Å². The van der Waals surface area contributed by atoms with E-state index in [4.69, 9.17) is 4.74 Å². The number of carbonyl (C=O) groups is 2. The van der Waals surface area contributed by atoms with Crippen molar-refractivity contribution in [1.82, 2.24) is 10.4 Å². The molecular weight excluding hydrogens is 793 g/mol. The molecule has 1 radical (unpaired) electrons. The normalized spacial score (nSPS) is 17.5. The molecule has 0 aliphatic carbocycles. The van der Waals surface area contributed by atoms with Gasteiger partial charge in [-0.15, -0.1) is 10.3 Å². The fourth-order valence-electron chi connectivity index (χ4n) is 3.93. The van der Waals surface area contributed by atoms with Crippen LogP contribution in [0.1, 0.15) is 33.3 Å². The van der Waals surface area contributed by atoms with E-state index < -0.39 is 29.0 Å². The van der Waals surface area contributed by atoms with E-state index in [1.807, 2.05) is 34.7 Å². The van der Waals surface area contributed by atoms with Crippen molar-refractivity contribution in [2.75, 3.05) is 0 Å². The molecule has 3 N–H and O–H groups in total. The summed E-state index contributed by atoms with van der Waals surface area (Å²) in [4.78, 5) is 25.0. The maximum Gasteiger partial charge on any atom is 0.326 e. The van der Waals surface area contributed by atoms with Crippen molar-refractivity contribution < 1.29 is 29.7 Å². The van der Waals surface area contributed by atoms with Gasteiger partial charge in [0.15, 0.2) is 5.75 Å². The van der Waals surface area contributed by atoms with Crippen molar-refractivity contribution in [2.24, 2.45) is 0 Å². The number of hydrogen-bond donors (Lipinski definition) is 3. The zero-order valence-corrected chi connectivity index (χ0v) is 25.8. The van der Waals surface area contributed by atoms with E-state index in [9.17, 15) is 25.0 Å². The fourth-order valence-corrected chi connectivity index (χ4v) is 6.53. The first-order valence-electron chi connectivity index (χ1n) is 10.5. The van der Waals surface area contributed by atoms with Gasteiger partial charge in [0.25, 0.3) is 0 Å². The van der Waals surface area contributed by atoms with Crippen LogP contribution in [0.15, 0.2) is 42.0 Å². The van der Waals surface area contributed by atoms with Crippen LogP contribution in [0.2, 0.25) is 0 Å². The number of hydroxylamine groups is 2. The number of ether oxygens (including phenoxy) is 1. The maximum atomic E-state index is 13.0. The first-order chi connectivity index (χ1) is 16.1. The number of carboxylic acids is 1. The Morgan fingerprint density at radius 3 is 2.14 bits per heavy atom. The van der Waals surface area contributed by atoms with Gasteiger partial charge in [0.05, 0.1) is 21.8 Å². The summed E-state index contributed by atoms with van der Waals surface area (Å²) in [7, 11) is 0. The lowest BCUT2D eigenvalue weighted by molar-refractivity contribution is -0.238. The van der Waals surface area contributed by atoms with Crippen LogP contribution < -0.4 is 10.1 Å². The number of nitrogens with zero attached hydrogens (tertiary/aromatic N) is 1. The van der Waals surface area contributed by atoms with Gasteiger partial charge in [-0.05, 0) is 131 Å². The van der Waals surface area contributed by atoms with E-state index in [0.29, 0.717) is 20.6 Å². The highest BCUT2D eigenvalue weighted by atomic mass is 127. The largest absolute Gasteiger partial charge is 0.507 e. The molecule has 1 amide bonds. The second kappa shape index (κ2) is 10.7. The average Bonchev–Trinajstić information content (AvgIpc) is 2.92. The van der Waals surface area contributed by atoms with E-state index in [-0.39, 0.29) is 17.7 Å². The van der Waals surface area contributed by atoms with Crippen molar-refractivity contribution >= 4 is 79.6 Å². The summed E-state index contributed by atoms with van der Waals surface area (Å²) in [5.41, 5.74) is -0.983. The van der Waals surface area contributed by atoms with Gasteiger partial charge < -0.3 is 20.3 Å². The highest BCUT2D eigenvalue weighted by Crippen LogP contribution is 2.39. The number of amides is 1. The summed E-state index contributed by atoms with van der Waals surface area (Å²) in [6.45, 7) is 6.72. The first-order valence-corrected chi connectivity index (χ1v) is 13.8. The molecule has 1 unspecified atom stereocenters. The molecule has 1 aliphatic heterocycles. The molecule has 0 aromatic heterocycles. The minimum absolute atomic E-state index is 0.0582. The molecule has 1 atom stereocenters. The van der Waals surface area contributed by atoms with Crippen LogP contribution in [0.5, 0.6) is 17.2 Å². The van der Waals surface area contributed by atoms with Crippen LogP contribution in [0.4, 0.5) is 0 Å². The van der Waals surface area contributed by atoms with E-state index in [2.05, 4.69) is 50.5 Å². The van der Waals surface area contributed by atoms with Crippen LogP contribution in [-0.4, -0.2) is 44.3 Å². The maximum absolute atomic E-state index is 13.0. The number of carbonyl (C=O) groups excluding carboxylic acids is 1. The molecule has 11 heteroatoms. The van der Waals surface area contributed by atoms with Gasteiger partial charge >= 0.3 is 5.97 Å². The summed E-state index contributed by atoms with van der Waals surface area (Å²) in [5.74, 6) is -0.392. The summed E-state index contributed by atoms with van der Waals surface area (Å²) >= 11 is 6.25. The molecule has 3 rings (SSSR count). The van der Waals surface area contributed by atoms with Crippen molar-refractivity contribution in [1.29, 1.82) is 0 Å². The number of carboxylic acid groups (broad SMARTS) is 1. The number of aliphatic carboxylic acids is 1. The van der Waals surface area contributed by atoms with Crippen LogP contribution in [0, 0.1) is 10.7 Å². The molecule has 0 saturated heterocycles. The number of hydrogen-bond acceptors (Lipinski definition) is 5. The summed E-state index contributed by atoms with van der Waals surface area (Å²) in [5, 5.41) is 35.5. The van der Waals surface area contributed by atoms with E-state index >= 15 is 0 Å². The lowest BCUT2D eigenvalue weighted by atomic mass is 9.95. The minimum Gasteiger partial charge on any atom is -0.507 e. The Bertz CT molecular complexity index is 1190.